The molecule has 0 bridgehead atoms. The van der Waals surface area contributed by atoms with E-state index in [1.165, 1.54) is 18.0 Å². The zero-order chi connectivity index (χ0) is 12.2. The first kappa shape index (κ1) is 10.5. The highest BCUT2D eigenvalue weighted by atomic mass is 32.2. The first-order valence-electron chi connectivity index (χ1n) is 5.55. The minimum absolute atomic E-state index is 0.0189. The van der Waals surface area contributed by atoms with Crippen molar-refractivity contribution in [2.75, 3.05) is 0 Å². The zero-order valence-electron chi connectivity index (χ0n) is 9.21. The first-order chi connectivity index (χ1) is 8.77. The smallest absolute Gasteiger partial charge is 0.246 e. The highest BCUT2D eigenvalue weighted by Crippen LogP contribution is 2.51. The number of nitrogens with one attached hydrogen (secondary N) is 1. The molecule has 7 heteroatoms. The average Bonchev–Trinajstić information content (AvgIpc) is 2.93. The summed E-state index contributed by atoms with van der Waals surface area (Å²) in [6, 6.07) is 2.00. The van der Waals surface area contributed by atoms with Crippen molar-refractivity contribution < 1.29 is 4.42 Å². The number of aromatic nitrogens is 3. The van der Waals surface area contributed by atoms with Gasteiger partial charge in [0.2, 0.25) is 5.89 Å². The molecule has 0 radical (unpaired) electrons. The number of hydrogen-bond acceptors (Lipinski definition) is 6. The van der Waals surface area contributed by atoms with Crippen molar-refractivity contribution in [3.05, 3.63) is 24.1 Å². The molecule has 1 aliphatic carbocycles. The minimum Gasteiger partial charge on any atom is -0.443 e. The molecule has 0 amide bonds. The van der Waals surface area contributed by atoms with Crippen LogP contribution in [0.25, 0.3) is 11.6 Å². The van der Waals surface area contributed by atoms with Crippen LogP contribution < -0.4 is 5.32 Å². The second kappa shape index (κ2) is 3.52. The molecule has 3 heterocycles. The van der Waals surface area contributed by atoms with Gasteiger partial charge in [0, 0.05) is 5.56 Å². The number of thiocarbonyl (C=S) groups is 1. The lowest BCUT2D eigenvalue weighted by Crippen LogP contribution is -2.36. The highest BCUT2D eigenvalue weighted by Gasteiger charge is 2.49. The van der Waals surface area contributed by atoms with Gasteiger partial charge in [-0.25, -0.2) is 4.98 Å². The quantitative estimate of drug-likeness (QED) is 0.800. The Morgan fingerprint density at radius 1 is 1.39 bits per heavy atom. The van der Waals surface area contributed by atoms with Crippen molar-refractivity contribution in [1.82, 2.24) is 20.5 Å². The lowest BCUT2D eigenvalue weighted by molar-refractivity contribution is 0.566. The van der Waals surface area contributed by atoms with Crippen molar-refractivity contribution in [3.63, 3.8) is 0 Å². The molecule has 2 aromatic rings. The van der Waals surface area contributed by atoms with E-state index in [-0.39, 0.29) is 5.54 Å². The molecule has 1 aliphatic heterocycles. The molecule has 5 nitrogen and oxygen atoms in total. The number of thioether (sulfide) groups is 1. The summed E-state index contributed by atoms with van der Waals surface area (Å²) in [5.74, 6) is 0.499. The van der Waals surface area contributed by atoms with Crippen molar-refractivity contribution >= 4 is 28.3 Å². The zero-order valence-corrected chi connectivity index (χ0v) is 10.8. The maximum atomic E-state index is 5.25. The Labute approximate surface area is 112 Å². The molecule has 4 rings (SSSR count). The van der Waals surface area contributed by atoms with E-state index in [9.17, 15) is 0 Å². The maximum absolute atomic E-state index is 5.25. The molecule has 1 saturated carbocycles. The van der Waals surface area contributed by atoms with Gasteiger partial charge in [0.1, 0.15) is 21.3 Å². The summed E-state index contributed by atoms with van der Waals surface area (Å²) in [5, 5.41) is 12.7. The van der Waals surface area contributed by atoms with Crippen LogP contribution in [-0.2, 0) is 5.54 Å². The van der Waals surface area contributed by atoms with E-state index in [1.54, 1.807) is 6.20 Å². The Morgan fingerprint density at radius 3 is 3.00 bits per heavy atom. The van der Waals surface area contributed by atoms with Crippen molar-refractivity contribution in [3.8, 4) is 11.6 Å². The fourth-order valence-corrected chi connectivity index (χ4v) is 3.45. The third-order valence-corrected chi connectivity index (χ3v) is 4.34. The lowest BCUT2D eigenvalue weighted by Gasteiger charge is -2.26. The topological polar surface area (TPSA) is 63.8 Å². The molecular formula is C11H8N4OS2. The van der Waals surface area contributed by atoms with Gasteiger partial charge in [-0.05, 0) is 30.7 Å². The lowest BCUT2D eigenvalue weighted by atomic mass is 10.1. The number of hydrogen-bond donors (Lipinski definition) is 1. The molecule has 2 aliphatic rings. The second-order valence-corrected chi connectivity index (χ2v) is 6.05. The Morgan fingerprint density at radius 2 is 2.28 bits per heavy atom. The Kier molecular flexibility index (Phi) is 2.04. The van der Waals surface area contributed by atoms with Crippen molar-refractivity contribution in [1.29, 1.82) is 0 Å². The largest absolute Gasteiger partial charge is 0.443 e. The second-order valence-electron chi connectivity index (χ2n) is 4.38. The van der Waals surface area contributed by atoms with Crippen LogP contribution in [0.1, 0.15) is 18.4 Å². The van der Waals surface area contributed by atoms with Crippen molar-refractivity contribution in [2.24, 2.45) is 0 Å². The Bertz CT molecular complexity index is 636. The fraction of sp³-hybridized carbons (Fsp3) is 0.273. The molecule has 2 aromatic heterocycles. The standard InChI is InChI=1S/C11H8N4OS2/c17-10-13-11(1-2-11)6-5-7(8-12-3-4-16-8)14-15-9(6)18-10/h3-5H,1-2H2,(H,13,17). The van der Waals surface area contributed by atoms with Gasteiger partial charge in [0.25, 0.3) is 0 Å². The Hall–Kier alpha value is -1.47. The maximum Gasteiger partial charge on any atom is 0.246 e. The van der Waals surface area contributed by atoms with Gasteiger partial charge in [0.05, 0.1) is 11.7 Å². The Balaban J connectivity index is 1.86. The highest BCUT2D eigenvalue weighted by molar-refractivity contribution is 8.23. The van der Waals surface area contributed by atoms with Crippen LogP contribution in [0, 0.1) is 0 Å². The van der Waals surface area contributed by atoms with Gasteiger partial charge in [-0.2, -0.15) is 0 Å². The van der Waals surface area contributed by atoms with Crippen LogP contribution in [-0.4, -0.2) is 19.5 Å². The predicted octanol–water partition coefficient (Wildman–Crippen LogP) is 2.10. The van der Waals surface area contributed by atoms with E-state index in [0.717, 1.165) is 27.8 Å². The molecule has 90 valence electrons. The fourth-order valence-electron chi connectivity index (χ4n) is 2.15. The SMILES string of the molecule is S=C1NC2(CC2)c2cc(-c3ncco3)nnc2S1. The van der Waals surface area contributed by atoms with E-state index in [1.807, 2.05) is 6.07 Å². The molecule has 1 fully saturated rings. The summed E-state index contributed by atoms with van der Waals surface area (Å²) in [7, 11) is 0. The van der Waals surface area contributed by atoms with Crippen LogP contribution in [0.2, 0.25) is 0 Å². The van der Waals surface area contributed by atoms with Crippen LogP contribution in [0.4, 0.5) is 0 Å². The van der Waals surface area contributed by atoms with E-state index in [2.05, 4.69) is 20.5 Å². The molecule has 0 unspecified atom stereocenters. The number of nitrogens with zero attached hydrogens (tertiary/aromatic N) is 3. The van der Waals surface area contributed by atoms with Crippen LogP contribution in [0.5, 0.6) is 0 Å². The summed E-state index contributed by atoms with van der Waals surface area (Å²) >= 11 is 6.69. The molecule has 18 heavy (non-hydrogen) atoms. The van der Waals surface area contributed by atoms with E-state index < -0.39 is 0 Å². The number of fused-ring (bicyclic) bond motifs is 2. The van der Waals surface area contributed by atoms with Gasteiger partial charge in [-0.1, -0.05) is 12.2 Å². The average molecular weight is 276 g/mol. The molecule has 0 aromatic carbocycles. The van der Waals surface area contributed by atoms with E-state index in [4.69, 9.17) is 16.6 Å². The normalized spacial score (nSPS) is 19.4. The summed E-state index contributed by atoms with van der Waals surface area (Å²) in [4.78, 5) is 4.10. The minimum atomic E-state index is -0.0189. The first-order valence-corrected chi connectivity index (χ1v) is 6.77. The third-order valence-electron chi connectivity index (χ3n) is 3.21. The summed E-state index contributed by atoms with van der Waals surface area (Å²) in [6.07, 6.45) is 5.30. The molecule has 0 saturated heterocycles. The van der Waals surface area contributed by atoms with Gasteiger partial charge >= 0.3 is 0 Å². The van der Waals surface area contributed by atoms with E-state index in [0.29, 0.717) is 11.6 Å². The molecule has 0 atom stereocenters. The van der Waals surface area contributed by atoms with E-state index >= 15 is 0 Å². The van der Waals surface area contributed by atoms with Gasteiger partial charge in [0.15, 0.2) is 0 Å². The number of rotatable bonds is 1. The van der Waals surface area contributed by atoms with Gasteiger partial charge in [-0.15, -0.1) is 10.2 Å². The summed E-state index contributed by atoms with van der Waals surface area (Å²) in [5.41, 5.74) is 1.80. The third kappa shape index (κ3) is 1.47. The summed E-state index contributed by atoms with van der Waals surface area (Å²) < 4.78 is 6.03. The predicted molar refractivity (Wildman–Crippen MR) is 70.0 cm³/mol. The van der Waals surface area contributed by atoms with Crippen LogP contribution in [0.15, 0.2) is 28.0 Å². The monoisotopic (exact) mass is 276 g/mol. The molecule has 1 spiro atoms. The molecular weight excluding hydrogens is 268 g/mol. The summed E-state index contributed by atoms with van der Waals surface area (Å²) in [6.45, 7) is 0. The van der Waals surface area contributed by atoms with Crippen LogP contribution in [0.3, 0.4) is 0 Å². The number of oxazole rings is 1. The van der Waals surface area contributed by atoms with Crippen molar-refractivity contribution in [2.45, 2.75) is 23.4 Å². The van der Waals surface area contributed by atoms with Gasteiger partial charge in [-0.3, -0.25) is 0 Å². The van der Waals surface area contributed by atoms with Gasteiger partial charge < -0.3 is 9.73 Å². The molecule has 1 N–H and O–H groups in total. The van der Waals surface area contributed by atoms with Crippen LogP contribution >= 0.6 is 24.0 Å².